The van der Waals surface area contributed by atoms with E-state index in [0.717, 1.165) is 5.56 Å². The lowest BCUT2D eigenvalue weighted by Crippen LogP contribution is -2.53. The summed E-state index contributed by atoms with van der Waals surface area (Å²) in [4.78, 5) is 12.4. The number of hydrogen-bond donors (Lipinski definition) is 2. The molecule has 5 heteroatoms. The van der Waals surface area contributed by atoms with Gasteiger partial charge in [-0.15, -0.1) is 0 Å². The third-order valence-corrected chi connectivity index (χ3v) is 3.73. The molecule has 0 saturated heterocycles. The Morgan fingerprint density at radius 2 is 1.73 bits per heavy atom. The molecule has 0 spiro atoms. The second-order valence-corrected chi connectivity index (χ2v) is 5.02. The van der Waals surface area contributed by atoms with Crippen molar-refractivity contribution in [2.45, 2.75) is 12.0 Å². The van der Waals surface area contributed by atoms with E-state index in [2.05, 4.69) is 5.32 Å². The van der Waals surface area contributed by atoms with E-state index in [4.69, 9.17) is 0 Å². The average Bonchev–Trinajstić information content (AvgIpc) is 2.56. The van der Waals surface area contributed by atoms with Crippen LogP contribution in [0.25, 0.3) is 0 Å². The molecule has 2 atom stereocenters. The fourth-order valence-electron chi connectivity index (χ4n) is 2.75. The first-order valence-electron chi connectivity index (χ1n) is 6.87. The second kappa shape index (κ2) is 5.70. The molecule has 2 aromatic rings. The van der Waals surface area contributed by atoms with Gasteiger partial charge in [0.25, 0.3) is 5.91 Å². The Morgan fingerprint density at radius 1 is 1.09 bits per heavy atom. The number of nitrogens with zero attached hydrogens (tertiary/aromatic N) is 2. The molecule has 0 fully saturated rings. The highest BCUT2D eigenvalue weighted by atomic mass is 16.3. The van der Waals surface area contributed by atoms with Crippen LogP contribution in [0.2, 0.25) is 0 Å². The maximum absolute atomic E-state index is 12.4. The van der Waals surface area contributed by atoms with Gasteiger partial charge in [0.05, 0.1) is 5.92 Å². The summed E-state index contributed by atoms with van der Waals surface area (Å²) >= 11 is 0. The van der Waals surface area contributed by atoms with Gasteiger partial charge in [0.15, 0.2) is 12.4 Å². The van der Waals surface area contributed by atoms with Gasteiger partial charge in [-0.1, -0.05) is 36.4 Å². The molecule has 1 aromatic heterocycles. The number of carbonyl (C=O) groups excluding carboxylic acids is 1. The average molecular weight is 292 g/mol. The number of aliphatic hydroxyl groups excluding tert-OH is 1. The molecule has 5 nitrogen and oxygen atoms in total. The number of nitriles is 1. The fraction of sp³-hybridized carbons (Fsp3) is 0.118. The van der Waals surface area contributed by atoms with Crippen LogP contribution >= 0.6 is 0 Å². The van der Waals surface area contributed by atoms with Gasteiger partial charge < -0.3 is 5.11 Å². The highest BCUT2D eigenvalue weighted by Crippen LogP contribution is 2.36. The summed E-state index contributed by atoms with van der Waals surface area (Å²) in [5.41, 5.74) is 0.967. The van der Waals surface area contributed by atoms with Gasteiger partial charge in [0, 0.05) is 12.1 Å². The lowest BCUT2D eigenvalue weighted by Gasteiger charge is -2.27. The molecule has 0 saturated carbocycles. The number of rotatable bonds is 2. The number of carbonyl (C=O) groups is 1. The van der Waals surface area contributed by atoms with Crippen molar-refractivity contribution >= 4 is 5.91 Å². The summed E-state index contributed by atoms with van der Waals surface area (Å²) < 4.78 is 1.75. The van der Waals surface area contributed by atoms with Crippen LogP contribution in [-0.2, 0) is 4.79 Å². The molecule has 1 aromatic carbocycles. The van der Waals surface area contributed by atoms with Crippen LogP contribution in [0.4, 0.5) is 0 Å². The molecule has 108 valence electrons. The minimum Gasteiger partial charge on any atom is -0.494 e. The van der Waals surface area contributed by atoms with Crippen LogP contribution in [0.1, 0.15) is 17.5 Å². The number of aromatic nitrogens is 1. The van der Waals surface area contributed by atoms with Crippen LogP contribution in [0, 0.1) is 11.3 Å². The van der Waals surface area contributed by atoms with E-state index in [9.17, 15) is 15.2 Å². The molecule has 0 aliphatic carbocycles. The Balaban J connectivity index is 2.19. The normalized spacial score (nSPS) is 21.1. The van der Waals surface area contributed by atoms with E-state index in [1.807, 2.05) is 54.6 Å². The summed E-state index contributed by atoms with van der Waals surface area (Å²) in [6.45, 7) is 0. The molecule has 2 heterocycles. The number of amides is 1. The number of benzene rings is 1. The van der Waals surface area contributed by atoms with Crippen LogP contribution in [0.5, 0.6) is 0 Å². The van der Waals surface area contributed by atoms with Gasteiger partial charge in [-0.3, -0.25) is 10.1 Å². The van der Waals surface area contributed by atoms with Crippen LogP contribution in [0.15, 0.2) is 72.4 Å². The molecule has 3 rings (SSSR count). The third-order valence-electron chi connectivity index (χ3n) is 3.73. The van der Waals surface area contributed by atoms with E-state index >= 15 is 0 Å². The monoisotopic (exact) mass is 292 g/mol. The number of nitrogens with one attached hydrogen (secondary N) is 1. The number of aliphatic hydroxyl groups is 1. The van der Waals surface area contributed by atoms with Gasteiger partial charge in [-0.2, -0.15) is 9.83 Å². The zero-order valence-corrected chi connectivity index (χ0v) is 11.7. The van der Waals surface area contributed by atoms with Gasteiger partial charge in [-0.05, 0) is 5.56 Å². The first kappa shape index (κ1) is 13.8. The fourth-order valence-corrected chi connectivity index (χ4v) is 2.75. The Bertz CT molecular complexity index is 763. The lowest BCUT2D eigenvalue weighted by atomic mass is 9.82. The molecule has 1 aliphatic heterocycles. The Labute approximate surface area is 127 Å². The van der Waals surface area contributed by atoms with Crippen LogP contribution in [-0.4, -0.2) is 11.0 Å². The standard InChI is InChI=1S/C17H13N3O2/c18-11-13-14(12-7-3-1-4-8-12)15(17(22)19-16(13)21)20-9-5-2-6-10-20/h1-10,14-15H,(H-,19,21,22)/p+1. The third kappa shape index (κ3) is 2.31. The van der Waals surface area contributed by atoms with Crippen molar-refractivity contribution in [2.75, 3.05) is 0 Å². The van der Waals surface area contributed by atoms with E-state index in [1.165, 1.54) is 0 Å². The molecular formula is C17H14N3O2+. The zero-order chi connectivity index (χ0) is 15.5. The van der Waals surface area contributed by atoms with Gasteiger partial charge >= 0.3 is 0 Å². The van der Waals surface area contributed by atoms with Crippen LogP contribution < -0.4 is 9.88 Å². The van der Waals surface area contributed by atoms with Gasteiger partial charge in [0.2, 0.25) is 11.9 Å². The molecule has 1 aliphatic rings. The van der Waals surface area contributed by atoms with Crippen molar-refractivity contribution in [1.82, 2.24) is 5.32 Å². The van der Waals surface area contributed by atoms with Crippen molar-refractivity contribution in [1.29, 1.82) is 5.26 Å². The quantitative estimate of drug-likeness (QED) is 0.827. The molecule has 1 amide bonds. The van der Waals surface area contributed by atoms with E-state index in [0.29, 0.717) is 0 Å². The topological polar surface area (TPSA) is 77.0 Å². The minimum absolute atomic E-state index is 0.159. The SMILES string of the molecule is N#CC1=C(O)NC(=O)C([n+]2ccccc2)C1c1ccccc1. The van der Waals surface area contributed by atoms with Crippen molar-refractivity contribution in [3.8, 4) is 6.07 Å². The number of allylic oxidation sites excluding steroid dienone is 1. The van der Waals surface area contributed by atoms with Gasteiger partial charge in [0.1, 0.15) is 11.6 Å². The smallest absolute Gasteiger partial charge is 0.296 e. The van der Waals surface area contributed by atoms with E-state index in [-0.39, 0.29) is 17.4 Å². The maximum atomic E-state index is 12.4. The number of hydrogen-bond acceptors (Lipinski definition) is 3. The summed E-state index contributed by atoms with van der Waals surface area (Å²) in [5.74, 6) is -1.25. The molecule has 2 N–H and O–H groups in total. The molecule has 2 unspecified atom stereocenters. The van der Waals surface area contributed by atoms with Crippen molar-refractivity contribution in [3.05, 3.63) is 77.9 Å². The summed E-state index contributed by atoms with van der Waals surface area (Å²) in [7, 11) is 0. The summed E-state index contributed by atoms with van der Waals surface area (Å²) in [6, 6.07) is 16.2. The predicted octanol–water partition coefficient (Wildman–Crippen LogP) is 1.72. The Morgan fingerprint density at radius 3 is 2.36 bits per heavy atom. The minimum atomic E-state index is -0.630. The summed E-state index contributed by atoms with van der Waals surface area (Å²) in [5, 5.41) is 21.7. The zero-order valence-electron chi connectivity index (χ0n) is 11.7. The Hall–Kier alpha value is -3.13. The van der Waals surface area contributed by atoms with Crippen molar-refractivity contribution in [3.63, 3.8) is 0 Å². The highest BCUT2D eigenvalue weighted by Gasteiger charge is 2.45. The van der Waals surface area contributed by atoms with E-state index < -0.39 is 12.0 Å². The summed E-state index contributed by atoms with van der Waals surface area (Å²) in [6.07, 6.45) is 3.55. The Kier molecular flexibility index (Phi) is 3.58. The maximum Gasteiger partial charge on any atom is 0.296 e. The molecule has 0 bridgehead atoms. The van der Waals surface area contributed by atoms with Crippen LogP contribution in [0.3, 0.4) is 0 Å². The number of pyridine rings is 1. The van der Waals surface area contributed by atoms with Crippen molar-refractivity contribution < 1.29 is 14.5 Å². The second-order valence-electron chi connectivity index (χ2n) is 5.02. The predicted molar refractivity (Wildman–Crippen MR) is 78.3 cm³/mol. The molecule has 0 radical (unpaired) electrons. The lowest BCUT2D eigenvalue weighted by molar-refractivity contribution is -0.711. The molecular weight excluding hydrogens is 278 g/mol. The molecule has 22 heavy (non-hydrogen) atoms. The van der Waals surface area contributed by atoms with Crippen molar-refractivity contribution in [2.24, 2.45) is 0 Å². The first-order valence-corrected chi connectivity index (χ1v) is 6.87. The van der Waals surface area contributed by atoms with E-state index in [1.54, 1.807) is 17.0 Å². The van der Waals surface area contributed by atoms with Gasteiger partial charge in [-0.25, -0.2) is 0 Å². The highest BCUT2D eigenvalue weighted by molar-refractivity contribution is 5.84. The first-order chi connectivity index (χ1) is 10.7. The largest absolute Gasteiger partial charge is 0.494 e.